The summed E-state index contributed by atoms with van der Waals surface area (Å²) in [6.07, 6.45) is 4.05. The van der Waals surface area contributed by atoms with Crippen LogP contribution in [0.25, 0.3) is 10.8 Å². The number of aromatic nitrogens is 2. The monoisotopic (exact) mass is 398 g/mol. The molecule has 0 aliphatic carbocycles. The highest BCUT2D eigenvalue weighted by Gasteiger charge is 2.19. The molecule has 0 radical (unpaired) electrons. The van der Waals surface area contributed by atoms with Crippen LogP contribution < -0.4 is 10.3 Å². The zero-order valence-corrected chi connectivity index (χ0v) is 16.8. The second kappa shape index (κ2) is 9.02. The Morgan fingerprint density at radius 3 is 2.61 bits per heavy atom. The van der Waals surface area contributed by atoms with Gasteiger partial charge in [0.25, 0.3) is 5.56 Å². The summed E-state index contributed by atoms with van der Waals surface area (Å²) < 4.78 is 6.88. The molecule has 0 saturated heterocycles. The molecule has 3 aromatic rings. The van der Waals surface area contributed by atoms with Crippen molar-refractivity contribution in [3.63, 3.8) is 0 Å². The lowest BCUT2D eigenvalue weighted by Gasteiger charge is -2.11. The van der Waals surface area contributed by atoms with E-state index < -0.39 is 5.97 Å². The highest BCUT2D eigenvalue weighted by atomic mass is 35.5. The quantitative estimate of drug-likeness (QED) is 0.313. The molecule has 0 aliphatic heterocycles. The summed E-state index contributed by atoms with van der Waals surface area (Å²) in [5.41, 5.74) is 0.839. The molecule has 0 N–H and O–H groups in total. The maximum atomic E-state index is 12.9. The molecule has 0 fully saturated rings. The summed E-state index contributed by atoms with van der Waals surface area (Å²) in [5.74, 6) is -0.357. The summed E-state index contributed by atoms with van der Waals surface area (Å²) in [7, 11) is 0. The smallest absolute Gasteiger partial charge is 0.364 e. The summed E-state index contributed by atoms with van der Waals surface area (Å²) in [6, 6.07) is 12.2. The van der Waals surface area contributed by atoms with Gasteiger partial charge in [-0.25, -0.2) is 9.48 Å². The number of rotatable bonds is 7. The lowest BCUT2D eigenvalue weighted by molar-refractivity contribution is 0.0728. The van der Waals surface area contributed by atoms with Crippen LogP contribution in [0.1, 0.15) is 48.7 Å². The number of carbonyl (C=O) groups is 1. The molecule has 0 bridgehead atoms. The van der Waals surface area contributed by atoms with E-state index in [-0.39, 0.29) is 17.0 Å². The van der Waals surface area contributed by atoms with Gasteiger partial charge in [-0.05, 0) is 37.1 Å². The Kier molecular flexibility index (Phi) is 6.47. The van der Waals surface area contributed by atoms with Crippen LogP contribution in [0.5, 0.6) is 5.75 Å². The van der Waals surface area contributed by atoms with Crippen LogP contribution in [0.2, 0.25) is 5.02 Å². The number of hydrogen-bond acceptors (Lipinski definition) is 4. The van der Waals surface area contributed by atoms with Crippen molar-refractivity contribution < 1.29 is 9.53 Å². The van der Waals surface area contributed by atoms with Crippen LogP contribution in [0.15, 0.2) is 47.3 Å². The number of benzene rings is 2. The van der Waals surface area contributed by atoms with Gasteiger partial charge in [0.15, 0.2) is 5.69 Å². The minimum atomic E-state index is -0.633. The number of esters is 1. The van der Waals surface area contributed by atoms with Crippen LogP contribution in [0, 0.1) is 6.92 Å². The van der Waals surface area contributed by atoms with Crippen molar-refractivity contribution in [1.29, 1.82) is 0 Å². The van der Waals surface area contributed by atoms with Gasteiger partial charge in [0.1, 0.15) is 5.75 Å². The highest BCUT2D eigenvalue weighted by molar-refractivity contribution is 6.32. The van der Waals surface area contributed by atoms with Crippen LogP contribution in [0.3, 0.4) is 0 Å². The number of ether oxygens (including phenoxy) is 1. The number of unbranched alkanes of at least 4 members (excludes halogenated alkanes) is 3. The van der Waals surface area contributed by atoms with Crippen LogP contribution in [-0.4, -0.2) is 15.7 Å². The van der Waals surface area contributed by atoms with Gasteiger partial charge in [-0.15, -0.1) is 0 Å². The average Bonchev–Trinajstić information content (AvgIpc) is 2.69. The normalized spacial score (nSPS) is 11.0. The first-order valence-corrected chi connectivity index (χ1v) is 9.87. The molecule has 1 heterocycles. The molecule has 0 atom stereocenters. The number of carbonyl (C=O) groups excluding carboxylic acids is 1. The second-order valence-corrected chi connectivity index (χ2v) is 7.21. The van der Waals surface area contributed by atoms with Gasteiger partial charge >= 0.3 is 5.97 Å². The van der Waals surface area contributed by atoms with Gasteiger partial charge < -0.3 is 4.74 Å². The largest absolute Gasteiger partial charge is 0.420 e. The molecule has 0 unspecified atom stereocenters. The topological polar surface area (TPSA) is 61.2 Å². The summed E-state index contributed by atoms with van der Waals surface area (Å²) in [5, 5.41) is 5.61. The van der Waals surface area contributed by atoms with Crippen LogP contribution in [0.4, 0.5) is 0 Å². The Balaban J connectivity index is 1.98. The number of hydrogen-bond donors (Lipinski definition) is 0. The number of aryl methyl sites for hydroxylation is 2. The van der Waals surface area contributed by atoms with Crippen molar-refractivity contribution in [1.82, 2.24) is 9.78 Å². The maximum Gasteiger partial charge on any atom is 0.364 e. The van der Waals surface area contributed by atoms with E-state index in [4.69, 9.17) is 16.3 Å². The summed E-state index contributed by atoms with van der Waals surface area (Å²) in [4.78, 5) is 25.6. The van der Waals surface area contributed by atoms with E-state index in [0.29, 0.717) is 22.3 Å². The standard InChI is InChI=1S/C22H23ClN2O3/c1-3-4-5-8-13-25-21(26)17-10-7-6-9-16(17)20(24-25)22(27)28-19-14-15(2)11-12-18(19)23/h6-7,9-12,14H,3-5,8,13H2,1-2H3. The van der Waals surface area contributed by atoms with Gasteiger partial charge in [0.2, 0.25) is 0 Å². The molecule has 2 aromatic carbocycles. The lowest BCUT2D eigenvalue weighted by atomic mass is 10.1. The third-order valence-corrected chi connectivity index (χ3v) is 4.89. The Hall–Kier alpha value is -2.66. The SMILES string of the molecule is CCCCCCn1nc(C(=O)Oc2cc(C)ccc2Cl)c2ccccc2c1=O. The van der Waals surface area contributed by atoms with E-state index in [9.17, 15) is 9.59 Å². The summed E-state index contributed by atoms with van der Waals surface area (Å²) in [6.45, 7) is 4.48. The van der Waals surface area contributed by atoms with Crippen molar-refractivity contribution in [3.05, 3.63) is 69.1 Å². The van der Waals surface area contributed by atoms with Crippen molar-refractivity contribution in [2.24, 2.45) is 0 Å². The molecule has 146 valence electrons. The number of halogens is 1. The Bertz CT molecular complexity index is 1060. The molecule has 28 heavy (non-hydrogen) atoms. The van der Waals surface area contributed by atoms with E-state index in [1.807, 2.05) is 13.0 Å². The second-order valence-electron chi connectivity index (χ2n) is 6.81. The fraction of sp³-hybridized carbons (Fsp3) is 0.318. The van der Waals surface area contributed by atoms with Gasteiger partial charge in [0.05, 0.1) is 10.4 Å². The van der Waals surface area contributed by atoms with Crippen molar-refractivity contribution in [2.45, 2.75) is 46.1 Å². The first-order chi connectivity index (χ1) is 13.5. The van der Waals surface area contributed by atoms with E-state index >= 15 is 0 Å². The summed E-state index contributed by atoms with van der Waals surface area (Å²) >= 11 is 6.15. The van der Waals surface area contributed by atoms with Gasteiger partial charge in [0, 0.05) is 11.9 Å². The molecule has 0 aliphatic rings. The maximum absolute atomic E-state index is 12.9. The number of nitrogens with zero attached hydrogens (tertiary/aromatic N) is 2. The van der Waals surface area contributed by atoms with Crippen molar-refractivity contribution in [2.75, 3.05) is 0 Å². The predicted octanol–water partition coefficient (Wildman–Crippen LogP) is 5.16. The Morgan fingerprint density at radius 2 is 1.86 bits per heavy atom. The van der Waals surface area contributed by atoms with Crippen LogP contribution >= 0.6 is 11.6 Å². The lowest BCUT2D eigenvalue weighted by Crippen LogP contribution is -2.27. The molecule has 1 aromatic heterocycles. The van der Waals surface area contributed by atoms with E-state index in [2.05, 4.69) is 12.0 Å². The van der Waals surface area contributed by atoms with Crippen molar-refractivity contribution >= 4 is 28.3 Å². The molecule has 0 spiro atoms. The minimum absolute atomic E-state index is 0.114. The molecule has 0 saturated carbocycles. The Labute approximate surface area is 168 Å². The molecule has 6 heteroatoms. The zero-order valence-electron chi connectivity index (χ0n) is 16.1. The Morgan fingerprint density at radius 1 is 1.11 bits per heavy atom. The van der Waals surface area contributed by atoms with Gasteiger partial charge in [-0.3, -0.25) is 4.79 Å². The fourth-order valence-corrected chi connectivity index (χ4v) is 3.22. The predicted molar refractivity (Wildman–Crippen MR) is 111 cm³/mol. The van der Waals surface area contributed by atoms with E-state index in [1.54, 1.807) is 36.4 Å². The van der Waals surface area contributed by atoms with Crippen LogP contribution in [-0.2, 0) is 6.54 Å². The fourth-order valence-electron chi connectivity index (χ4n) is 3.06. The highest BCUT2D eigenvalue weighted by Crippen LogP contribution is 2.26. The number of fused-ring (bicyclic) bond motifs is 1. The third-order valence-electron chi connectivity index (χ3n) is 4.57. The zero-order chi connectivity index (χ0) is 20.1. The first-order valence-electron chi connectivity index (χ1n) is 9.49. The molecular formula is C22H23ClN2O3. The molecule has 0 amide bonds. The van der Waals surface area contributed by atoms with Crippen molar-refractivity contribution in [3.8, 4) is 5.75 Å². The molecule has 3 rings (SSSR count). The van der Waals surface area contributed by atoms with Gasteiger partial charge in [-0.1, -0.05) is 62.1 Å². The first kappa shape index (κ1) is 20.1. The minimum Gasteiger partial charge on any atom is -0.420 e. The van der Waals surface area contributed by atoms with Gasteiger partial charge in [-0.2, -0.15) is 5.10 Å². The van der Waals surface area contributed by atoms with E-state index in [1.165, 1.54) is 4.68 Å². The molecular weight excluding hydrogens is 376 g/mol. The average molecular weight is 399 g/mol. The molecule has 5 nitrogen and oxygen atoms in total. The third kappa shape index (κ3) is 4.42. The van der Waals surface area contributed by atoms with E-state index in [0.717, 1.165) is 31.2 Å².